The van der Waals surface area contributed by atoms with Gasteiger partial charge in [-0.05, 0) is 42.3 Å². The Morgan fingerprint density at radius 3 is 2.89 bits per heavy atom. The van der Waals surface area contributed by atoms with Gasteiger partial charge in [0.2, 0.25) is 0 Å². The number of benzene rings is 1. The molecule has 0 spiro atoms. The number of para-hydroxylation sites is 1. The molecule has 1 aromatic carbocycles. The van der Waals surface area contributed by atoms with Crippen molar-refractivity contribution in [2.75, 3.05) is 19.7 Å². The number of carbonyl (C=O) groups is 2. The molecule has 0 bridgehead atoms. The van der Waals surface area contributed by atoms with Gasteiger partial charge < -0.3 is 9.64 Å². The highest BCUT2D eigenvalue weighted by Crippen LogP contribution is 2.28. The molecule has 1 aliphatic rings. The summed E-state index contributed by atoms with van der Waals surface area (Å²) in [7, 11) is 0. The van der Waals surface area contributed by atoms with E-state index in [9.17, 15) is 9.59 Å². The van der Waals surface area contributed by atoms with E-state index in [0.717, 1.165) is 47.4 Å². The van der Waals surface area contributed by atoms with Crippen LogP contribution in [0.25, 0.3) is 21.5 Å². The second kappa shape index (κ2) is 8.10. The van der Waals surface area contributed by atoms with Gasteiger partial charge in [0.25, 0.3) is 5.91 Å². The molecule has 0 unspecified atom stereocenters. The van der Waals surface area contributed by atoms with Crippen LogP contribution in [-0.2, 0) is 9.53 Å². The second-order valence-corrected chi connectivity index (χ2v) is 8.16. The number of hydrogen-bond donors (Lipinski definition) is 0. The van der Waals surface area contributed by atoms with E-state index in [0.29, 0.717) is 11.5 Å². The fraction of sp³-hybridized carbons (Fsp3) is 0.318. The molecular formula is C22H22N2O3S. The highest BCUT2D eigenvalue weighted by atomic mass is 32.1. The Hall–Kier alpha value is -2.73. The molecule has 0 saturated carbocycles. The Morgan fingerprint density at radius 2 is 2.11 bits per heavy atom. The predicted octanol–water partition coefficient (Wildman–Crippen LogP) is 4.38. The summed E-state index contributed by atoms with van der Waals surface area (Å²) in [5.41, 5.74) is 1.90. The minimum Gasteiger partial charge on any atom is -0.452 e. The van der Waals surface area contributed by atoms with Gasteiger partial charge in [-0.15, -0.1) is 11.3 Å². The van der Waals surface area contributed by atoms with Crippen molar-refractivity contribution in [2.45, 2.75) is 19.8 Å². The second-order valence-electron chi connectivity index (χ2n) is 7.21. The first-order chi connectivity index (χ1) is 13.6. The van der Waals surface area contributed by atoms with Crippen LogP contribution in [0.3, 0.4) is 0 Å². The van der Waals surface area contributed by atoms with E-state index in [1.165, 1.54) is 0 Å². The maximum Gasteiger partial charge on any atom is 0.339 e. The standard InChI is InChI=1S/C22H22N2O3S/c1-15-6-4-10-24(13-15)21(25)14-27-22(26)17-12-19(20-9-5-11-28-20)23-18-8-3-2-7-16(17)18/h2-3,5,7-9,11-12,15H,4,6,10,13-14H2,1H3/t15-/m0/s1. The van der Waals surface area contributed by atoms with Gasteiger partial charge >= 0.3 is 5.97 Å². The first kappa shape index (κ1) is 18.6. The lowest BCUT2D eigenvalue weighted by atomic mass is 10.0. The quantitative estimate of drug-likeness (QED) is 0.616. The molecule has 2 aromatic heterocycles. The molecule has 1 atom stereocenters. The molecule has 1 saturated heterocycles. The summed E-state index contributed by atoms with van der Waals surface area (Å²) in [6.07, 6.45) is 2.14. The zero-order valence-electron chi connectivity index (χ0n) is 15.8. The van der Waals surface area contributed by atoms with Gasteiger partial charge in [-0.1, -0.05) is 31.2 Å². The summed E-state index contributed by atoms with van der Waals surface area (Å²) in [6, 6.07) is 13.2. The molecule has 28 heavy (non-hydrogen) atoms. The molecule has 144 valence electrons. The van der Waals surface area contributed by atoms with Crippen molar-refractivity contribution in [3.05, 3.63) is 53.4 Å². The number of esters is 1. The lowest BCUT2D eigenvalue weighted by Gasteiger charge is -2.30. The number of carbonyl (C=O) groups excluding carboxylic acids is 2. The van der Waals surface area contributed by atoms with Gasteiger partial charge in [0.15, 0.2) is 6.61 Å². The topological polar surface area (TPSA) is 59.5 Å². The van der Waals surface area contributed by atoms with Crippen molar-refractivity contribution in [1.82, 2.24) is 9.88 Å². The fourth-order valence-electron chi connectivity index (χ4n) is 3.61. The number of ether oxygens (including phenoxy) is 1. The predicted molar refractivity (Wildman–Crippen MR) is 110 cm³/mol. The summed E-state index contributed by atoms with van der Waals surface area (Å²) < 4.78 is 5.40. The van der Waals surface area contributed by atoms with E-state index in [1.54, 1.807) is 22.3 Å². The van der Waals surface area contributed by atoms with Gasteiger partial charge in [0, 0.05) is 18.5 Å². The van der Waals surface area contributed by atoms with Crippen LogP contribution in [0.5, 0.6) is 0 Å². The highest BCUT2D eigenvalue weighted by Gasteiger charge is 2.23. The van der Waals surface area contributed by atoms with E-state index in [2.05, 4.69) is 11.9 Å². The largest absolute Gasteiger partial charge is 0.452 e. The molecule has 4 rings (SSSR count). The van der Waals surface area contributed by atoms with E-state index < -0.39 is 5.97 Å². The normalized spacial score (nSPS) is 16.9. The van der Waals surface area contributed by atoms with Gasteiger partial charge in [0.1, 0.15) is 0 Å². The van der Waals surface area contributed by atoms with Crippen molar-refractivity contribution in [2.24, 2.45) is 5.92 Å². The van der Waals surface area contributed by atoms with Crippen LogP contribution in [0.15, 0.2) is 47.8 Å². The van der Waals surface area contributed by atoms with E-state index in [1.807, 2.05) is 41.8 Å². The van der Waals surface area contributed by atoms with Crippen molar-refractivity contribution >= 4 is 34.1 Å². The van der Waals surface area contributed by atoms with E-state index in [-0.39, 0.29) is 12.5 Å². The van der Waals surface area contributed by atoms with Crippen LogP contribution in [0.4, 0.5) is 0 Å². The van der Waals surface area contributed by atoms with Crippen molar-refractivity contribution < 1.29 is 14.3 Å². The third-order valence-electron chi connectivity index (χ3n) is 5.05. The SMILES string of the molecule is C[C@H]1CCCN(C(=O)COC(=O)c2cc(-c3cccs3)nc3ccccc23)C1. The number of rotatable bonds is 4. The van der Waals surface area contributed by atoms with Crippen LogP contribution >= 0.6 is 11.3 Å². The molecular weight excluding hydrogens is 372 g/mol. The monoisotopic (exact) mass is 394 g/mol. The van der Waals surface area contributed by atoms with Crippen LogP contribution in [-0.4, -0.2) is 41.5 Å². The molecule has 1 amide bonds. The molecule has 0 N–H and O–H groups in total. The highest BCUT2D eigenvalue weighted by molar-refractivity contribution is 7.13. The Kier molecular flexibility index (Phi) is 5.39. The lowest BCUT2D eigenvalue weighted by Crippen LogP contribution is -2.41. The van der Waals surface area contributed by atoms with E-state index in [4.69, 9.17) is 4.74 Å². The van der Waals surface area contributed by atoms with Crippen molar-refractivity contribution in [1.29, 1.82) is 0 Å². The molecule has 6 heteroatoms. The number of fused-ring (bicyclic) bond motifs is 1. The summed E-state index contributed by atoms with van der Waals surface area (Å²) in [5.74, 6) is -0.127. The average Bonchev–Trinajstić information content (AvgIpc) is 3.26. The van der Waals surface area contributed by atoms with Crippen molar-refractivity contribution in [3.63, 3.8) is 0 Å². The zero-order chi connectivity index (χ0) is 19.5. The Balaban J connectivity index is 1.56. The van der Waals surface area contributed by atoms with Crippen molar-refractivity contribution in [3.8, 4) is 10.6 Å². The number of amides is 1. The summed E-state index contributed by atoms with van der Waals surface area (Å²) >= 11 is 1.57. The number of likely N-dealkylation sites (tertiary alicyclic amines) is 1. The number of nitrogens with zero attached hydrogens (tertiary/aromatic N) is 2. The Morgan fingerprint density at radius 1 is 1.25 bits per heavy atom. The molecule has 5 nitrogen and oxygen atoms in total. The van der Waals surface area contributed by atoms with E-state index >= 15 is 0 Å². The number of pyridine rings is 1. The summed E-state index contributed by atoms with van der Waals surface area (Å²) in [4.78, 5) is 32.7. The van der Waals surface area contributed by atoms with Gasteiger partial charge in [-0.2, -0.15) is 0 Å². The minimum absolute atomic E-state index is 0.128. The third kappa shape index (κ3) is 3.92. The maximum atomic E-state index is 12.8. The molecule has 3 heterocycles. The first-order valence-electron chi connectivity index (χ1n) is 9.50. The molecule has 0 radical (unpaired) electrons. The minimum atomic E-state index is -0.491. The molecule has 1 aliphatic heterocycles. The van der Waals surface area contributed by atoms with Crippen LogP contribution < -0.4 is 0 Å². The summed E-state index contributed by atoms with van der Waals surface area (Å²) in [6.45, 7) is 3.38. The van der Waals surface area contributed by atoms with Gasteiger partial charge in [-0.25, -0.2) is 9.78 Å². The maximum absolute atomic E-state index is 12.8. The van der Waals surface area contributed by atoms with Gasteiger partial charge in [0.05, 0.1) is 21.7 Å². The molecule has 0 aliphatic carbocycles. The van der Waals surface area contributed by atoms with Crippen LogP contribution in [0.1, 0.15) is 30.1 Å². The summed E-state index contributed by atoms with van der Waals surface area (Å²) in [5, 5.41) is 2.70. The number of hydrogen-bond acceptors (Lipinski definition) is 5. The molecule has 1 fully saturated rings. The lowest BCUT2D eigenvalue weighted by molar-refractivity contribution is -0.136. The fourth-order valence-corrected chi connectivity index (χ4v) is 4.29. The zero-order valence-corrected chi connectivity index (χ0v) is 16.6. The van der Waals surface area contributed by atoms with Crippen LogP contribution in [0.2, 0.25) is 0 Å². The number of aromatic nitrogens is 1. The molecule has 3 aromatic rings. The average molecular weight is 394 g/mol. The van der Waals surface area contributed by atoms with Crippen LogP contribution in [0, 0.1) is 5.92 Å². The van der Waals surface area contributed by atoms with Gasteiger partial charge in [-0.3, -0.25) is 4.79 Å². The Bertz CT molecular complexity index is 1000. The Labute approximate surface area is 168 Å². The smallest absolute Gasteiger partial charge is 0.339 e. The number of piperidine rings is 1. The first-order valence-corrected chi connectivity index (χ1v) is 10.4. The number of thiophene rings is 1. The third-order valence-corrected chi connectivity index (χ3v) is 5.94.